The van der Waals surface area contributed by atoms with Gasteiger partial charge in [-0.15, -0.1) is 0 Å². The van der Waals surface area contributed by atoms with Crippen molar-refractivity contribution < 1.29 is 18.3 Å². The Morgan fingerprint density at radius 1 is 1.52 bits per heavy atom. The smallest absolute Gasteiger partial charge is 0.357 e. The number of hydrogen-bond donors (Lipinski definition) is 3. The number of carboxylic acids is 1. The number of carbonyl (C=O) groups is 1. The highest BCUT2D eigenvalue weighted by Crippen LogP contribution is 2.17. The van der Waals surface area contributed by atoms with Crippen molar-refractivity contribution in [1.29, 1.82) is 0 Å². The molecule has 2 rings (SSSR count). The number of nitrogens with zero attached hydrogens (tertiary/aromatic N) is 3. The lowest BCUT2D eigenvalue weighted by Crippen LogP contribution is -2.27. The molecular formula is C11H15N5O4S. The second-order valence-corrected chi connectivity index (χ2v) is 6.21. The lowest BCUT2D eigenvalue weighted by Gasteiger charge is -2.06. The van der Waals surface area contributed by atoms with Gasteiger partial charge in [0.15, 0.2) is 5.69 Å². The molecule has 0 aromatic carbocycles. The molecule has 0 amide bonds. The number of aryl methyl sites for hydroxylation is 2. The molecule has 21 heavy (non-hydrogen) atoms. The van der Waals surface area contributed by atoms with Gasteiger partial charge in [0.2, 0.25) is 10.0 Å². The molecule has 3 N–H and O–H groups in total. The molecule has 114 valence electrons. The van der Waals surface area contributed by atoms with Gasteiger partial charge in [-0.25, -0.2) is 17.9 Å². The van der Waals surface area contributed by atoms with Crippen molar-refractivity contribution in [2.45, 2.75) is 18.2 Å². The predicted molar refractivity (Wildman–Crippen MR) is 72.4 cm³/mol. The quantitative estimate of drug-likeness (QED) is 0.669. The molecule has 9 nitrogen and oxygen atoms in total. The van der Waals surface area contributed by atoms with Crippen LogP contribution in [0, 0.1) is 6.92 Å². The van der Waals surface area contributed by atoms with Crippen molar-refractivity contribution in [3.05, 3.63) is 29.3 Å². The predicted octanol–water partition coefficient (Wildman–Crippen LogP) is -0.329. The van der Waals surface area contributed by atoms with Gasteiger partial charge in [-0.05, 0) is 18.9 Å². The number of nitrogens with one attached hydrogen (secondary N) is 2. The van der Waals surface area contributed by atoms with Gasteiger partial charge in [0.1, 0.15) is 4.90 Å². The summed E-state index contributed by atoms with van der Waals surface area (Å²) >= 11 is 0. The molecule has 10 heteroatoms. The van der Waals surface area contributed by atoms with Crippen LogP contribution in [0.3, 0.4) is 0 Å². The molecule has 0 bridgehead atoms. The summed E-state index contributed by atoms with van der Waals surface area (Å²) < 4.78 is 28.3. The Kier molecular flexibility index (Phi) is 4.09. The normalized spacial score (nSPS) is 11.7. The van der Waals surface area contributed by atoms with E-state index in [1.54, 1.807) is 24.1 Å². The van der Waals surface area contributed by atoms with Crippen LogP contribution < -0.4 is 4.72 Å². The fourth-order valence-electron chi connectivity index (χ4n) is 1.90. The third kappa shape index (κ3) is 3.28. The van der Waals surface area contributed by atoms with Crippen molar-refractivity contribution in [3.8, 4) is 0 Å². The number of carboxylic acid groups (broad SMARTS) is 1. The monoisotopic (exact) mass is 313 g/mol. The molecule has 2 aromatic heterocycles. The average molecular weight is 313 g/mol. The van der Waals surface area contributed by atoms with E-state index in [4.69, 9.17) is 5.11 Å². The van der Waals surface area contributed by atoms with E-state index in [1.165, 1.54) is 6.92 Å². The van der Waals surface area contributed by atoms with Crippen LogP contribution in [0.5, 0.6) is 0 Å². The van der Waals surface area contributed by atoms with E-state index in [1.807, 2.05) is 0 Å². The summed E-state index contributed by atoms with van der Waals surface area (Å²) in [5.41, 5.74) is 0.547. The Balaban J connectivity index is 2.12. The summed E-state index contributed by atoms with van der Waals surface area (Å²) in [6.45, 7) is 1.59. The van der Waals surface area contributed by atoms with Gasteiger partial charge < -0.3 is 5.11 Å². The minimum Gasteiger partial charge on any atom is -0.476 e. The highest BCUT2D eigenvalue weighted by atomic mass is 32.2. The standard InChI is InChI=1S/C11H15N5O4S/c1-7-10(9(11(17)18)15-14-7)21(19,20)13-4-3-8-5-12-16(2)6-8/h5-6,13H,3-4H2,1-2H3,(H,14,15)(H,17,18). The zero-order valence-corrected chi connectivity index (χ0v) is 12.3. The van der Waals surface area contributed by atoms with Gasteiger partial charge in [0, 0.05) is 19.8 Å². The Morgan fingerprint density at radius 2 is 2.24 bits per heavy atom. The number of sulfonamides is 1. The van der Waals surface area contributed by atoms with Crippen LogP contribution >= 0.6 is 0 Å². The lowest BCUT2D eigenvalue weighted by atomic mass is 10.3. The Bertz CT molecular complexity index is 761. The first kappa shape index (κ1) is 15.2. The molecule has 2 heterocycles. The van der Waals surface area contributed by atoms with Crippen LogP contribution in [-0.4, -0.2) is 46.0 Å². The van der Waals surface area contributed by atoms with Crippen LogP contribution in [0.25, 0.3) is 0 Å². The number of aromatic nitrogens is 4. The zero-order chi connectivity index (χ0) is 15.6. The highest BCUT2D eigenvalue weighted by molar-refractivity contribution is 7.89. The molecular weight excluding hydrogens is 298 g/mol. The third-order valence-corrected chi connectivity index (χ3v) is 4.45. The summed E-state index contributed by atoms with van der Waals surface area (Å²) in [6.07, 6.45) is 3.87. The van der Waals surface area contributed by atoms with Gasteiger partial charge in [0.25, 0.3) is 0 Å². The number of aromatic amines is 1. The summed E-state index contributed by atoms with van der Waals surface area (Å²) in [5.74, 6) is -1.40. The molecule has 0 saturated heterocycles. The van der Waals surface area contributed by atoms with Crippen LogP contribution in [-0.2, 0) is 23.5 Å². The van der Waals surface area contributed by atoms with E-state index in [-0.39, 0.29) is 17.1 Å². The van der Waals surface area contributed by atoms with Gasteiger partial charge in [-0.2, -0.15) is 10.2 Å². The van der Waals surface area contributed by atoms with Crippen molar-refractivity contribution >= 4 is 16.0 Å². The molecule has 0 spiro atoms. The van der Waals surface area contributed by atoms with Crippen molar-refractivity contribution in [2.75, 3.05) is 6.54 Å². The van der Waals surface area contributed by atoms with Crippen LogP contribution in [0.15, 0.2) is 17.3 Å². The maximum atomic E-state index is 12.2. The van der Waals surface area contributed by atoms with E-state index in [0.29, 0.717) is 6.42 Å². The second kappa shape index (κ2) is 5.66. The van der Waals surface area contributed by atoms with Gasteiger partial charge in [-0.3, -0.25) is 9.78 Å². The molecule has 2 aromatic rings. The van der Waals surface area contributed by atoms with E-state index in [2.05, 4.69) is 20.0 Å². The molecule has 0 radical (unpaired) electrons. The first-order valence-electron chi connectivity index (χ1n) is 6.06. The number of rotatable bonds is 6. The molecule has 0 unspecified atom stereocenters. The maximum absolute atomic E-state index is 12.2. The van der Waals surface area contributed by atoms with Crippen LogP contribution in [0.4, 0.5) is 0 Å². The summed E-state index contributed by atoms with van der Waals surface area (Å²) in [6, 6.07) is 0. The van der Waals surface area contributed by atoms with Gasteiger partial charge in [0.05, 0.1) is 11.9 Å². The van der Waals surface area contributed by atoms with E-state index in [0.717, 1.165) is 5.56 Å². The summed E-state index contributed by atoms with van der Waals surface area (Å²) in [5, 5.41) is 18.8. The maximum Gasteiger partial charge on any atom is 0.357 e. The fourth-order valence-corrected chi connectivity index (χ4v) is 3.25. The Hall–Kier alpha value is -2.20. The fraction of sp³-hybridized carbons (Fsp3) is 0.364. The zero-order valence-electron chi connectivity index (χ0n) is 11.5. The van der Waals surface area contributed by atoms with E-state index >= 15 is 0 Å². The molecule has 0 saturated carbocycles. The second-order valence-electron chi connectivity index (χ2n) is 4.50. The Morgan fingerprint density at radius 3 is 2.81 bits per heavy atom. The van der Waals surface area contributed by atoms with Crippen molar-refractivity contribution in [3.63, 3.8) is 0 Å². The summed E-state index contributed by atoms with van der Waals surface area (Å²) in [4.78, 5) is 10.7. The summed E-state index contributed by atoms with van der Waals surface area (Å²) in [7, 11) is -2.17. The molecule has 0 atom stereocenters. The minimum absolute atomic E-state index is 0.137. The van der Waals surface area contributed by atoms with Crippen molar-refractivity contribution in [2.24, 2.45) is 7.05 Å². The van der Waals surface area contributed by atoms with E-state index < -0.39 is 21.7 Å². The van der Waals surface area contributed by atoms with Gasteiger partial charge in [-0.1, -0.05) is 0 Å². The van der Waals surface area contributed by atoms with E-state index in [9.17, 15) is 13.2 Å². The SMILES string of the molecule is Cc1[nH]nc(C(=O)O)c1S(=O)(=O)NCCc1cnn(C)c1. The lowest BCUT2D eigenvalue weighted by molar-refractivity contribution is 0.0686. The molecule has 0 aliphatic rings. The Labute approximate surface area is 121 Å². The first-order chi connectivity index (χ1) is 9.81. The number of H-pyrrole nitrogens is 1. The average Bonchev–Trinajstić information content (AvgIpc) is 2.95. The molecule has 0 aliphatic heterocycles. The highest BCUT2D eigenvalue weighted by Gasteiger charge is 2.27. The largest absolute Gasteiger partial charge is 0.476 e. The van der Waals surface area contributed by atoms with Crippen LogP contribution in [0.2, 0.25) is 0 Å². The number of hydrogen-bond acceptors (Lipinski definition) is 5. The molecule has 0 aliphatic carbocycles. The molecule has 0 fully saturated rings. The van der Waals surface area contributed by atoms with Crippen LogP contribution in [0.1, 0.15) is 21.7 Å². The first-order valence-corrected chi connectivity index (χ1v) is 7.55. The minimum atomic E-state index is -3.94. The van der Waals surface area contributed by atoms with Crippen molar-refractivity contribution in [1.82, 2.24) is 24.7 Å². The van der Waals surface area contributed by atoms with Gasteiger partial charge >= 0.3 is 5.97 Å². The third-order valence-electron chi connectivity index (χ3n) is 2.83. The number of aromatic carboxylic acids is 1. The topological polar surface area (TPSA) is 130 Å².